The molecule has 1 aliphatic rings. The second-order valence-electron chi connectivity index (χ2n) is 8.76. The van der Waals surface area contributed by atoms with E-state index in [1.807, 2.05) is 6.07 Å². The summed E-state index contributed by atoms with van der Waals surface area (Å²) in [6, 6.07) is 5.50. The molecule has 0 aliphatic carbocycles. The van der Waals surface area contributed by atoms with Crippen LogP contribution in [0.5, 0.6) is 5.88 Å². The monoisotopic (exact) mass is 463 g/mol. The van der Waals surface area contributed by atoms with Crippen LogP contribution in [0, 0.1) is 12.7 Å². The Hall–Kier alpha value is -3.79. The number of nitrogens with zero attached hydrogens (tertiary/aromatic N) is 5. The molecule has 4 heterocycles. The van der Waals surface area contributed by atoms with Crippen molar-refractivity contribution in [2.24, 2.45) is 0 Å². The van der Waals surface area contributed by atoms with E-state index in [1.54, 1.807) is 36.0 Å². The first-order chi connectivity index (χ1) is 16.3. The Labute approximate surface area is 196 Å². The highest BCUT2D eigenvalue weighted by Crippen LogP contribution is 2.30. The predicted octanol–water partition coefficient (Wildman–Crippen LogP) is 3.17. The van der Waals surface area contributed by atoms with Gasteiger partial charge in [-0.1, -0.05) is 0 Å². The average molecular weight is 464 g/mol. The van der Waals surface area contributed by atoms with Crippen molar-refractivity contribution in [2.75, 3.05) is 30.4 Å². The number of anilines is 2. The van der Waals surface area contributed by atoms with Gasteiger partial charge in [-0.3, -0.25) is 4.79 Å². The minimum atomic E-state index is -0.519. The lowest BCUT2D eigenvalue weighted by Crippen LogP contribution is -2.54. The van der Waals surface area contributed by atoms with Gasteiger partial charge in [-0.15, -0.1) is 0 Å². The second-order valence-corrected chi connectivity index (χ2v) is 8.76. The molecule has 1 saturated heterocycles. The largest absolute Gasteiger partial charge is 0.480 e. The number of hydrogen-bond donors (Lipinski definition) is 2. The van der Waals surface area contributed by atoms with E-state index in [2.05, 4.69) is 44.3 Å². The predicted molar refractivity (Wildman–Crippen MR) is 128 cm³/mol. The molecular weight excluding hydrogens is 437 g/mol. The van der Waals surface area contributed by atoms with E-state index in [4.69, 9.17) is 4.74 Å². The van der Waals surface area contributed by atoms with Crippen molar-refractivity contribution < 1.29 is 13.9 Å². The van der Waals surface area contributed by atoms with Crippen LogP contribution in [-0.4, -0.2) is 57.5 Å². The number of halogens is 1. The zero-order valence-corrected chi connectivity index (χ0v) is 19.5. The van der Waals surface area contributed by atoms with E-state index in [9.17, 15) is 9.18 Å². The highest BCUT2D eigenvalue weighted by Gasteiger charge is 2.25. The van der Waals surface area contributed by atoms with Crippen LogP contribution in [0.2, 0.25) is 0 Å². The lowest BCUT2D eigenvalue weighted by molar-refractivity contribution is 0.102. The number of methoxy groups -OCH3 is 1. The minimum Gasteiger partial charge on any atom is -0.480 e. The maximum atomic E-state index is 14.5. The number of amides is 1. The van der Waals surface area contributed by atoms with Crippen LogP contribution in [0.15, 0.2) is 36.8 Å². The molecule has 4 aromatic rings. The van der Waals surface area contributed by atoms with Crippen LogP contribution in [-0.2, 0) is 0 Å². The fourth-order valence-electron chi connectivity index (χ4n) is 4.57. The van der Waals surface area contributed by atoms with Gasteiger partial charge in [0.05, 0.1) is 35.9 Å². The third-order valence-electron chi connectivity index (χ3n) is 5.89. The molecule has 34 heavy (non-hydrogen) atoms. The molecule has 1 fully saturated rings. The summed E-state index contributed by atoms with van der Waals surface area (Å²) in [5.41, 5.74) is 3.47. The van der Waals surface area contributed by atoms with E-state index in [1.165, 1.54) is 13.2 Å². The van der Waals surface area contributed by atoms with Crippen LogP contribution in [0.4, 0.5) is 15.8 Å². The molecule has 9 nitrogen and oxygen atoms in total. The van der Waals surface area contributed by atoms with E-state index in [0.717, 1.165) is 18.8 Å². The Morgan fingerprint density at radius 3 is 2.68 bits per heavy atom. The number of imidazole rings is 1. The Kier molecular flexibility index (Phi) is 5.52. The molecule has 10 heteroatoms. The highest BCUT2D eigenvalue weighted by atomic mass is 19.1. The van der Waals surface area contributed by atoms with Gasteiger partial charge in [0.1, 0.15) is 11.0 Å². The van der Waals surface area contributed by atoms with Gasteiger partial charge >= 0.3 is 0 Å². The number of piperazine rings is 1. The molecule has 2 atom stereocenters. The number of aryl methyl sites for hydroxylation is 1. The molecule has 1 aliphatic heterocycles. The van der Waals surface area contributed by atoms with Gasteiger partial charge in [0.25, 0.3) is 5.91 Å². The Morgan fingerprint density at radius 2 is 1.94 bits per heavy atom. The van der Waals surface area contributed by atoms with E-state index in [0.29, 0.717) is 45.9 Å². The quantitative estimate of drug-likeness (QED) is 0.480. The molecule has 3 aromatic heterocycles. The van der Waals surface area contributed by atoms with Crippen molar-refractivity contribution in [1.82, 2.24) is 24.7 Å². The summed E-state index contributed by atoms with van der Waals surface area (Å²) >= 11 is 0. The number of carbonyl (C=O) groups is 1. The number of hydrogen-bond acceptors (Lipinski definition) is 7. The summed E-state index contributed by atoms with van der Waals surface area (Å²) in [7, 11) is 1.50. The topological polar surface area (TPSA) is 96.7 Å². The van der Waals surface area contributed by atoms with Gasteiger partial charge < -0.3 is 24.7 Å². The minimum absolute atomic E-state index is 0.209. The number of nitrogens with one attached hydrogen (secondary N) is 2. The molecule has 2 N–H and O–H groups in total. The van der Waals surface area contributed by atoms with Crippen LogP contribution in [0.1, 0.15) is 29.9 Å². The Morgan fingerprint density at radius 1 is 1.18 bits per heavy atom. The lowest BCUT2D eigenvalue weighted by Gasteiger charge is -2.38. The maximum Gasteiger partial charge on any atom is 0.257 e. The van der Waals surface area contributed by atoms with Gasteiger partial charge in [-0.25, -0.2) is 19.3 Å². The third kappa shape index (κ3) is 4.01. The van der Waals surface area contributed by atoms with Crippen LogP contribution in [0.3, 0.4) is 0 Å². The first kappa shape index (κ1) is 22.0. The van der Waals surface area contributed by atoms with Gasteiger partial charge in [0.15, 0.2) is 11.5 Å². The van der Waals surface area contributed by atoms with Crippen molar-refractivity contribution in [3.8, 4) is 5.88 Å². The van der Waals surface area contributed by atoms with Crippen molar-refractivity contribution in [3.63, 3.8) is 0 Å². The first-order valence-corrected chi connectivity index (χ1v) is 11.1. The molecule has 2 unspecified atom stereocenters. The molecule has 0 radical (unpaired) electrons. The smallest absolute Gasteiger partial charge is 0.257 e. The van der Waals surface area contributed by atoms with Crippen LogP contribution < -0.4 is 20.3 Å². The van der Waals surface area contributed by atoms with Gasteiger partial charge in [-0.2, -0.15) is 0 Å². The van der Waals surface area contributed by atoms with Crippen molar-refractivity contribution in [3.05, 3.63) is 53.9 Å². The number of aromatic nitrogens is 4. The Balaban J connectivity index is 1.54. The molecule has 0 saturated carbocycles. The van der Waals surface area contributed by atoms with Crippen LogP contribution >= 0.6 is 0 Å². The molecule has 1 aromatic carbocycles. The fourth-order valence-corrected chi connectivity index (χ4v) is 4.57. The molecular formula is C24H26FN7O2. The van der Waals surface area contributed by atoms with Crippen molar-refractivity contribution in [2.45, 2.75) is 32.9 Å². The normalized spacial score (nSPS) is 18.4. The zero-order chi connectivity index (χ0) is 24.0. The molecule has 1 amide bonds. The molecule has 5 rings (SSSR count). The number of rotatable bonds is 4. The van der Waals surface area contributed by atoms with Crippen LogP contribution in [0.25, 0.3) is 16.7 Å². The fraction of sp³-hybridized carbons (Fsp3) is 0.333. The summed E-state index contributed by atoms with van der Waals surface area (Å²) in [5, 5.41) is 6.31. The van der Waals surface area contributed by atoms with E-state index >= 15 is 0 Å². The second kappa shape index (κ2) is 8.53. The lowest BCUT2D eigenvalue weighted by atomic mass is 10.1. The van der Waals surface area contributed by atoms with Crippen molar-refractivity contribution >= 4 is 34.0 Å². The molecule has 0 bridgehead atoms. The summed E-state index contributed by atoms with van der Waals surface area (Å²) < 4.78 is 21.3. The average Bonchev–Trinajstić information content (AvgIpc) is 3.18. The maximum absolute atomic E-state index is 14.5. The third-order valence-corrected chi connectivity index (χ3v) is 5.89. The summed E-state index contributed by atoms with van der Waals surface area (Å²) in [6.45, 7) is 7.67. The van der Waals surface area contributed by atoms with Gasteiger partial charge in [-0.05, 0) is 32.9 Å². The van der Waals surface area contributed by atoms with E-state index < -0.39 is 11.7 Å². The van der Waals surface area contributed by atoms with Gasteiger partial charge in [0, 0.05) is 43.6 Å². The number of pyridine rings is 1. The first-order valence-electron chi connectivity index (χ1n) is 11.1. The SMILES string of the molecule is COc1cnc2c(N3CC(C)NC(C)C3)ccc(C(=O)Nc3cc(F)c4nc(C)cn4c3)c2n1. The highest BCUT2D eigenvalue weighted by molar-refractivity contribution is 6.13. The van der Waals surface area contributed by atoms with E-state index in [-0.39, 0.29) is 5.65 Å². The summed E-state index contributed by atoms with van der Waals surface area (Å²) in [5.74, 6) is -0.631. The Bertz CT molecular complexity index is 1390. The van der Waals surface area contributed by atoms with Gasteiger partial charge in [0.2, 0.25) is 5.88 Å². The number of fused-ring (bicyclic) bond motifs is 2. The number of carbonyl (C=O) groups excluding carboxylic acids is 1. The summed E-state index contributed by atoms with van der Waals surface area (Å²) in [6.07, 6.45) is 4.87. The molecule has 0 spiro atoms. The number of benzene rings is 1. The van der Waals surface area contributed by atoms with Crippen molar-refractivity contribution in [1.29, 1.82) is 0 Å². The standard InChI is InChI=1S/C24H26FN7O2/c1-13-9-31(10-14(2)27-13)19-6-5-17(21-22(19)26-8-20(30-21)34-4)24(33)29-16-7-18(25)23-28-15(3)11-32(23)12-16/h5-8,11-14,27H,9-10H2,1-4H3,(H,29,33). The number of ether oxygens (including phenoxy) is 1. The molecule has 176 valence electrons. The zero-order valence-electron chi connectivity index (χ0n) is 19.5. The summed E-state index contributed by atoms with van der Waals surface area (Å²) in [4.78, 5) is 28.8.